The number of nitrogens with zero attached hydrogens (tertiary/aromatic N) is 4. The van der Waals surface area contributed by atoms with Crippen LogP contribution in [0.2, 0.25) is 0 Å². The number of nitriles is 3. The van der Waals surface area contributed by atoms with Crippen LogP contribution in [0.3, 0.4) is 0 Å². The van der Waals surface area contributed by atoms with Crippen LogP contribution in [-0.4, -0.2) is 0 Å². The minimum atomic E-state index is -0.0915. The number of hydrogen-bond donors (Lipinski definition) is 0. The molecule has 4 nitrogen and oxygen atoms in total. The lowest BCUT2D eigenvalue weighted by molar-refractivity contribution is 0.589. The fraction of sp³-hybridized carbons (Fsp3) is 0.333. The van der Waals surface area contributed by atoms with Gasteiger partial charge in [0.25, 0.3) is 0 Å². The second-order valence-electron chi connectivity index (χ2n) is 8.44. The molecule has 0 atom stereocenters. The highest BCUT2D eigenvalue weighted by molar-refractivity contribution is 5.54. The number of hydrogen-bond acceptors (Lipinski definition) is 3. The smallest absolute Gasteiger partial charge is 0.187 e. The van der Waals surface area contributed by atoms with Crippen LogP contribution < -0.4 is 0 Å². The Morgan fingerprint density at radius 1 is 0.714 bits per heavy atom. The van der Waals surface area contributed by atoms with Crippen molar-refractivity contribution in [2.24, 2.45) is 0 Å². The predicted molar refractivity (Wildman–Crippen MR) is 111 cm³/mol. The number of rotatable bonds is 0. The topological polar surface area (TPSA) is 75.7 Å². The van der Waals surface area contributed by atoms with E-state index in [2.05, 4.69) is 31.7 Å². The molecule has 0 saturated carbocycles. The normalized spacial score (nSPS) is 10.4. The minimum absolute atomic E-state index is 0.0135. The van der Waals surface area contributed by atoms with Crippen molar-refractivity contribution in [3.63, 3.8) is 0 Å². The van der Waals surface area contributed by atoms with E-state index >= 15 is 0 Å². The molecular weight excluding hydrogens is 344 g/mol. The van der Waals surface area contributed by atoms with Gasteiger partial charge in [-0.15, -0.1) is 0 Å². The first kappa shape index (κ1) is 22.4. The third-order valence-corrected chi connectivity index (χ3v) is 4.19. The van der Waals surface area contributed by atoms with E-state index in [0.29, 0.717) is 22.4 Å². The van der Waals surface area contributed by atoms with Gasteiger partial charge in [-0.3, -0.25) is 0 Å². The van der Waals surface area contributed by atoms with Crippen LogP contribution in [0.4, 0.5) is 5.69 Å². The third kappa shape index (κ3) is 5.71. The molecule has 0 aromatic heterocycles. The summed E-state index contributed by atoms with van der Waals surface area (Å²) in [5, 5.41) is 26.5. The van der Waals surface area contributed by atoms with Crippen molar-refractivity contribution >= 4 is 5.69 Å². The Kier molecular flexibility index (Phi) is 7.10. The van der Waals surface area contributed by atoms with Gasteiger partial charge in [-0.2, -0.15) is 15.8 Å². The average molecular weight is 368 g/mol. The lowest BCUT2D eigenvalue weighted by Crippen LogP contribution is -2.12. The monoisotopic (exact) mass is 368 g/mol. The van der Waals surface area contributed by atoms with Gasteiger partial charge < -0.3 is 0 Å². The van der Waals surface area contributed by atoms with Gasteiger partial charge in [0.1, 0.15) is 12.1 Å². The zero-order valence-electron chi connectivity index (χ0n) is 17.3. The lowest BCUT2D eigenvalue weighted by atomic mass is 9.84. The van der Waals surface area contributed by atoms with E-state index in [-0.39, 0.29) is 10.8 Å². The Bertz CT molecular complexity index is 1020. The summed E-state index contributed by atoms with van der Waals surface area (Å²) in [6.07, 6.45) is 0. The van der Waals surface area contributed by atoms with Crippen LogP contribution in [0.25, 0.3) is 4.85 Å². The molecule has 0 aliphatic rings. The van der Waals surface area contributed by atoms with Gasteiger partial charge in [0, 0.05) is 0 Å². The van der Waals surface area contributed by atoms with E-state index < -0.39 is 0 Å². The highest BCUT2D eigenvalue weighted by Crippen LogP contribution is 2.29. The van der Waals surface area contributed by atoms with Gasteiger partial charge in [-0.1, -0.05) is 65.8 Å². The SMILES string of the molecule is CC(C)(C)c1ccc(C#N)c(C#N)c1.[C-]#[N+]c1ccc(C#N)c(C(C)(C)C)c1. The summed E-state index contributed by atoms with van der Waals surface area (Å²) in [4.78, 5) is 3.36. The summed E-state index contributed by atoms with van der Waals surface area (Å²) in [5.41, 5.74) is 4.09. The molecule has 0 N–H and O–H groups in total. The molecule has 2 aromatic carbocycles. The first-order valence-electron chi connectivity index (χ1n) is 8.84. The van der Waals surface area contributed by atoms with Crippen LogP contribution >= 0.6 is 0 Å². The van der Waals surface area contributed by atoms with E-state index in [9.17, 15) is 0 Å². The third-order valence-electron chi connectivity index (χ3n) is 4.19. The molecule has 0 heterocycles. The zero-order chi connectivity index (χ0) is 21.5. The zero-order valence-corrected chi connectivity index (χ0v) is 17.3. The summed E-state index contributed by atoms with van der Waals surface area (Å²) < 4.78 is 0. The van der Waals surface area contributed by atoms with Crippen molar-refractivity contribution < 1.29 is 0 Å². The van der Waals surface area contributed by atoms with Crippen molar-refractivity contribution in [1.29, 1.82) is 15.8 Å². The molecule has 0 saturated heterocycles. The van der Waals surface area contributed by atoms with Crippen molar-refractivity contribution in [3.8, 4) is 18.2 Å². The second kappa shape index (κ2) is 8.86. The maximum absolute atomic E-state index is 8.92. The van der Waals surface area contributed by atoms with Crippen molar-refractivity contribution in [3.05, 3.63) is 75.6 Å². The maximum atomic E-state index is 8.92. The molecular formula is C24H24N4. The first-order chi connectivity index (χ1) is 13.0. The van der Waals surface area contributed by atoms with Gasteiger partial charge in [0.05, 0.1) is 29.3 Å². The van der Waals surface area contributed by atoms with E-state index in [1.807, 2.05) is 39.0 Å². The highest BCUT2D eigenvalue weighted by Gasteiger charge is 2.18. The van der Waals surface area contributed by atoms with Crippen molar-refractivity contribution in [2.75, 3.05) is 0 Å². The molecule has 0 bridgehead atoms. The second-order valence-corrected chi connectivity index (χ2v) is 8.44. The van der Waals surface area contributed by atoms with Crippen LogP contribution in [0.1, 0.15) is 69.4 Å². The van der Waals surface area contributed by atoms with Crippen LogP contribution in [0.5, 0.6) is 0 Å². The molecule has 0 spiro atoms. The van der Waals surface area contributed by atoms with Crippen LogP contribution in [-0.2, 0) is 10.8 Å². The van der Waals surface area contributed by atoms with E-state index in [0.717, 1.165) is 11.1 Å². The summed E-state index contributed by atoms with van der Waals surface area (Å²) >= 11 is 0. The van der Waals surface area contributed by atoms with Crippen LogP contribution in [0.15, 0.2) is 36.4 Å². The Labute approximate surface area is 168 Å². The van der Waals surface area contributed by atoms with Gasteiger partial charge in [-0.05, 0) is 34.1 Å². The standard InChI is InChI=1S/2C12H12N2/c1-12(2,3)11-7-10(14-4)6-5-9(11)8-13;1-12(2,3)11-5-4-9(7-13)10(6-11)8-14/h5-7H,1-3H3;4-6H,1-3H3. The summed E-state index contributed by atoms with van der Waals surface area (Å²) in [6.45, 7) is 19.3. The molecule has 140 valence electrons. The maximum Gasteiger partial charge on any atom is 0.187 e. The molecule has 0 unspecified atom stereocenters. The van der Waals surface area contributed by atoms with Gasteiger partial charge >= 0.3 is 0 Å². The van der Waals surface area contributed by atoms with Crippen LogP contribution in [0, 0.1) is 40.6 Å². The molecule has 2 aromatic rings. The lowest BCUT2D eigenvalue weighted by Gasteiger charge is -2.20. The first-order valence-corrected chi connectivity index (χ1v) is 8.84. The molecule has 0 aliphatic heterocycles. The fourth-order valence-electron chi connectivity index (χ4n) is 2.52. The molecule has 2 rings (SSSR count). The largest absolute Gasteiger partial charge is 0.238 e. The van der Waals surface area contributed by atoms with Crippen molar-refractivity contribution in [1.82, 2.24) is 0 Å². The Balaban J connectivity index is 0.000000280. The minimum Gasteiger partial charge on any atom is -0.238 e. The molecule has 0 radical (unpaired) electrons. The van der Waals surface area contributed by atoms with Gasteiger partial charge in [0.15, 0.2) is 5.69 Å². The van der Waals surface area contributed by atoms with Gasteiger partial charge in [0.2, 0.25) is 0 Å². The summed E-state index contributed by atoms with van der Waals surface area (Å²) in [6, 6.07) is 16.8. The molecule has 0 fully saturated rings. The molecule has 0 aliphatic carbocycles. The highest BCUT2D eigenvalue weighted by atomic mass is 14.6. The number of benzene rings is 2. The quantitative estimate of drug-likeness (QED) is 0.524. The molecule has 4 heteroatoms. The van der Waals surface area contributed by atoms with Crippen molar-refractivity contribution in [2.45, 2.75) is 52.4 Å². The van der Waals surface area contributed by atoms with E-state index in [1.165, 1.54) is 0 Å². The average Bonchev–Trinajstić information content (AvgIpc) is 2.65. The predicted octanol–water partition coefficient (Wildman–Crippen LogP) is 6.13. The Morgan fingerprint density at radius 3 is 1.68 bits per heavy atom. The van der Waals surface area contributed by atoms with E-state index in [1.54, 1.807) is 30.3 Å². The summed E-state index contributed by atoms with van der Waals surface area (Å²) in [5.74, 6) is 0. The fourth-order valence-corrected chi connectivity index (χ4v) is 2.52. The molecule has 28 heavy (non-hydrogen) atoms. The summed E-state index contributed by atoms with van der Waals surface area (Å²) in [7, 11) is 0. The Morgan fingerprint density at radius 2 is 1.25 bits per heavy atom. The molecule has 0 amide bonds. The van der Waals surface area contributed by atoms with Gasteiger partial charge in [-0.25, -0.2) is 4.85 Å². The Hall–Kier alpha value is -3.60. The van der Waals surface area contributed by atoms with E-state index in [4.69, 9.17) is 22.4 Å².